The van der Waals surface area contributed by atoms with E-state index in [0.29, 0.717) is 23.5 Å². The quantitative estimate of drug-likeness (QED) is 0.490. The minimum Gasteiger partial charge on any atom is -0.462 e. The standard InChI is InChI=1S/C19H18N2O3S2/c1-3-21-15-9-7-13(18(23)24-4-2)12-16(15)26-19(21)20-17(22)10-8-14-6-5-11-25-14/h5-12H,3-4H2,1-2H3/b10-8+,20-19?. The number of hydrogen-bond donors (Lipinski definition) is 0. The van der Waals surface area contributed by atoms with Crippen LogP contribution in [0, 0.1) is 0 Å². The summed E-state index contributed by atoms with van der Waals surface area (Å²) in [6, 6.07) is 9.27. The lowest BCUT2D eigenvalue weighted by Gasteiger charge is -2.03. The van der Waals surface area contributed by atoms with Crippen LogP contribution in [0.3, 0.4) is 0 Å². The van der Waals surface area contributed by atoms with E-state index >= 15 is 0 Å². The molecule has 3 rings (SSSR count). The van der Waals surface area contributed by atoms with E-state index in [2.05, 4.69) is 4.99 Å². The third-order valence-electron chi connectivity index (χ3n) is 3.65. The zero-order chi connectivity index (χ0) is 18.5. The minimum absolute atomic E-state index is 0.308. The molecule has 0 aliphatic heterocycles. The Morgan fingerprint density at radius 2 is 2.12 bits per heavy atom. The van der Waals surface area contributed by atoms with Crippen LogP contribution in [-0.4, -0.2) is 23.1 Å². The predicted octanol–water partition coefficient (Wildman–Crippen LogP) is 4.10. The predicted molar refractivity (Wildman–Crippen MR) is 105 cm³/mol. The molecular weight excluding hydrogens is 368 g/mol. The van der Waals surface area contributed by atoms with Gasteiger partial charge >= 0.3 is 5.97 Å². The first-order valence-corrected chi connectivity index (χ1v) is 9.92. The van der Waals surface area contributed by atoms with Gasteiger partial charge < -0.3 is 9.30 Å². The number of aromatic nitrogens is 1. The van der Waals surface area contributed by atoms with Crippen molar-refractivity contribution in [2.75, 3.05) is 6.61 Å². The molecule has 7 heteroatoms. The number of rotatable bonds is 5. The number of ether oxygens (including phenoxy) is 1. The number of esters is 1. The van der Waals surface area contributed by atoms with E-state index in [0.717, 1.165) is 15.1 Å². The number of hydrogen-bond acceptors (Lipinski definition) is 5. The number of carbonyl (C=O) groups is 2. The molecule has 0 fully saturated rings. The average Bonchev–Trinajstić information content (AvgIpc) is 3.26. The van der Waals surface area contributed by atoms with E-state index in [4.69, 9.17) is 4.74 Å². The van der Waals surface area contributed by atoms with Crippen LogP contribution in [0.2, 0.25) is 0 Å². The molecule has 0 radical (unpaired) electrons. The normalized spacial score (nSPS) is 12.2. The summed E-state index contributed by atoms with van der Waals surface area (Å²) in [4.78, 5) is 29.9. The monoisotopic (exact) mass is 386 g/mol. The Morgan fingerprint density at radius 3 is 2.81 bits per heavy atom. The molecule has 0 aliphatic carbocycles. The molecule has 0 N–H and O–H groups in total. The number of aryl methyl sites for hydroxylation is 1. The van der Waals surface area contributed by atoms with Gasteiger partial charge in [-0.3, -0.25) is 4.79 Å². The smallest absolute Gasteiger partial charge is 0.338 e. The SMILES string of the molecule is CCOC(=O)c1ccc2c(c1)sc(=NC(=O)/C=C/c1cccs1)n2CC. The summed E-state index contributed by atoms with van der Waals surface area (Å²) in [6.45, 7) is 4.79. The number of fused-ring (bicyclic) bond motifs is 1. The topological polar surface area (TPSA) is 60.7 Å². The van der Waals surface area contributed by atoms with Crippen LogP contribution in [0.1, 0.15) is 29.1 Å². The largest absolute Gasteiger partial charge is 0.462 e. The molecule has 0 atom stereocenters. The number of thiazole rings is 1. The fraction of sp³-hybridized carbons (Fsp3) is 0.211. The molecule has 0 unspecified atom stereocenters. The summed E-state index contributed by atoms with van der Waals surface area (Å²) >= 11 is 2.95. The Morgan fingerprint density at radius 1 is 1.27 bits per heavy atom. The van der Waals surface area contributed by atoms with Gasteiger partial charge in [0.15, 0.2) is 4.80 Å². The van der Waals surface area contributed by atoms with E-state index in [1.807, 2.05) is 35.1 Å². The van der Waals surface area contributed by atoms with Gasteiger partial charge in [0, 0.05) is 17.5 Å². The summed E-state index contributed by atoms with van der Waals surface area (Å²) in [5, 5.41) is 1.96. The highest BCUT2D eigenvalue weighted by Gasteiger charge is 2.11. The number of thiophene rings is 1. The second-order valence-electron chi connectivity index (χ2n) is 5.33. The van der Waals surface area contributed by atoms with Gasteiger partial charge in [-0.05, 0) is 49.6 Å². The molecule has 0 saturated carbocycles. The molecule has 0 aliphatic rings. The molecule has 26 heavy (non-hydrogen) atoms. The maximum Gasteiger partial charge on any atom is 0.338 e. The van der Waals surface area contributed by atoms with Crippen LogP contribution < -0.4 is 4.80 Å². The first kappa shape index (κ1) is 18.3. The third kappa shape index (κ3) is 4.00. The fourth-order valence-corrected chi connectivity index (χ4v) is 4.23. The summed E-state index contributed by atoms with van der Waals surface area (Å²) < 4.78 is 7.90. The maximum absolute atomic E-state index is 12.2. The van der Waals surface area contributed by atoms with E-state index < -0.39 is 0 Å². The van der Waals surface area contributed by atoms with Crippen molar-refractivity contribution in [3.8, 4) is 0 Å². The molecule has 134 valence electrons. The van der Waals surface area contributed by atoms with Crippen molar-refractivity contribution in [2.24, 2.45) is 4.99 Å². The van der Waals surface area contributed by atoms with Crippen molar-refractivity contribution < 1.29 is 14.3 Å². The fourth-order valence-electron chi connectivity index (χ4n) is 2.48. The first-order valence-electron chi connectivity index (χ1n) is 8.23. The maximum atomic E-state index is 12.2. The Hall–Kier alpha value is -2.51. The van der Waals surface area contributed by atoms with Gasteiger partial charge in [-0.2, -0.15) is 4.99 Å². The molecule has 1 aromatic carbocycles. The van der Waals surface area contributed by atoms with Gasteiger partial charge in [0.05, 0.1) is 22.4 Å². The Bertz CT molecular complexity index is 1030. The molecule has 0 saturated heterocycles. The van der Waals surface area contributed by atoms with E-state index in [1.54, 1.807) is 36.5 Å². The number of amides is 1. The van der Waals surface area contributed by atoms with Crippen molar-refractivity contribution in [3.05, 3.63) is 57.0 Å². The van der Waals surface area contributed by atoms with E-state index in [-0.39, 0.29) is 11.9 Å². The molecule has 0 spiro atoms. The molecule has 3 aromatic rings. The lowest BCUT2D eigenvalue weighted by Crippen LogP contribution is -2.15. The molecule has 0 bridgehead atoms. The molecule has 5 nitrogen and oxygen atoms in total. The van der Waals surface area contributed by atoms with Gasteiger partial charge in [0.1, 0.15) is 0 Å². The Labute approximate surface area is 158 Å². The number of carbonyl (C=O) groups excluding carboxylic acids is 2. The number of nitrogens with zero attached hydrogens (tertiary/aromatic N) is 2. The summed E-state index contributed by atoms with van der Waals surface area (Å²) in [5.41, 5.74) is 1.44. The number of benzene rings is 1. The highest BCUT2D eigenvalue weighted by Crippen LogP contribution is 2.20. The van der Waals surface area contributed by atoms with E-state index in [1.165, 1.54) is 17.4 Å². The van der Waals surface area contributed by atoms with Crippen molar-refractivity contribution in [2.45, 2.75) is 20.4 Å². The molecule has 1 amide bonds. The lowest BCUT2D eigenvalue weighted by atomic mass is 10.2. The molecular formula is C19H18N2O3S2. The third-order valence-corrected chi connectivity index (χ3v) is 5.53. The summed E-state index contributed by atoms with van der Waals surface area (Å²) in [5.74, 6) is -0.655. The molecule has 2 heterocycles. The highest BCUT2D eigenvalue weighted by atomic mass is 32.1. The molecule has 2 aromatic heterocycles. The first-order chi connectivity index (χ1) is 12.6. The second-order valence-corrected chi connectivity index (χ2v) is 7.32. The van der Waals surface area contributed by atoms with Crippen LogP contribution in [0.5, 0.6) is 0 Å². The Kier molecular flexibility index (Phi) is 5.80. The van der Waals surface area contributed by atoms with Gasteiger partial charge in [0.2, 0.25) is 0 Å². The zero-order valence-electron chi connectivity index (χ0n) is 14.5. The zero-order valence-corrected chi connectivity index (χ0v) is 16.1. The lowest BCUT2D eigenvalue weighted by molar-refractivity contribution is -0.113. The van der Waals surface area contributed by atoms with Crippen molar-refractivity contribution in [3.63, 3.8) is 0 Å². The highest BCUT2D eigenvalue weighted by molar-refractivity contribution is 7.16. The van der Waals surface area contributed by atoms with Crippen LogP contribution in [0.25, 0.3) is 16.3 Å². The van der Waals surface area contributed by atoms with Crippen molar-refractivity contribution >= 4 is 50.8 Å². The van der Waals surface area contributed by atoms with Crippen LogP contribution >= 0.6 is 22.7 Å². The van der Waals surface area contributed by atoms with Crippen LogP contribution in [0.15, 0.2) is 46.8 Å². The summed E-state index contributed by atoms with van der Waals surface area (Å²) in [7, 11) is 0. The van der Waals surface area contributed by atoms with Crippen LogP contribution in [-0.2, 0) is 16.1 Å². The van der Waals surface area contributed by atoms with Gasteiger partial charge in [-0.1, -0.05) is 17.4 Å². The van der Waals surface area contributed by atoms with Crippen molar-refractivity contribution in [1.82, 2.24) is 4.57 Å². The second kappa shape index (κ2) is 8.25. The Balaban J connectivity index is 1.97. The summed E-state index contributed by atoms with van der Waals surface area (Å²) in [6.07, 6.45) is 3.24. The average molecular weight is 386 g/mol. The van der Waals surface area contributed by atoms with Crippen LogP contribution in [0.4, 0.5) is 0 Å². The van der Waals surface area contributed by atoms with Gasteiger partial charge in [-0.15, -0.1) is 11.3 Å². The van der Waals surface area contributed by atoms with Crippen molar-refractivity contribution in [1.29, 1.82) is 0 Å². The minimum atomic E-state index is -0.348. The van der Waals surface area contributed by atoms with E-state index in [9.17, 15) is 9.59 Å². The van der Waals surface area contributed by atoms with Gasteiger partial charge in [0.25, 0.3) is 5.91 Å². The van der Waals surface area contributed by atoms with Gasteiger partial charge in [-0.25, -0.2) is 4.79 Å².